The van der Waals surface area contributed by atoms with E-state index in [9.17, 15) is 13.2 Å². The van der Waals surface area contributed by atoms with Gasteiger partial charge in [-0.3, -0.25) is 0 Å². The highest BCUT2D eigenvalue weighted by Gasteiger charge is 2.30. The molecule has 0 radical (unpaired) electrons. The van der Waals surface area contributed by atoms with Crippen molar-refractivity contribution in [3.63, 3.8) is 0 Å². The normalized spacial score (nSPS) is 26.3. The maximum Gasteiger partial charge on any atom is 0.389 e. The minimum atomic E-state index is -4.09. The number of hydrogen-bond acceptors (Lipinski definition) is 2. The summed E-state index contributed by atoms with van der Waals surface area (Å²) in [6.07, 6.45) is -4.07. The zero-order valence-corrected chi connectivity index (χ0v) is 7.31. The van der Waals surface area contributed by atoms with Crippen LogP contribution in [-0.2, 0) is 4.74 Å². The predicted octanol–water partition coefficient (Wildman–Crippen LogP) is 1.69. The lowest BCUT2D eigenvalue weighted by atomic mass is 9.96. The number of halogens is 3. The summed E-state index contributed by atoms with van der Waals surface area (Å²) < 4.78 is 40.5. The number of ether oxygens (including phenoxy) is 1. The van der Waals surface area contributed by atoms with Crippen LogP contribution in [0.3, 0.4) is 0 Å². The molecule has 1 heterocycles. The summed E-state index contributed by atoms with van der Waals surface area (Å²) in [5, 5.41) is 0. The summed E-state index contributed by atoms with van der Waals surface area (Å²) in [7, 11) is 0. The highest BCUT2D eigenvalue weighted by atomic mass is 19.4. The Morgan fingerprint density at radius 2 is 2.15 bits per heavy atom. The van der Waals surface area contributed by atoms with Crippen molar-refractivity contribution in [2.75, 3.05) is 13.2 Å². The quantitative estimate of drug-likeness (QED) is 0.747. The maximum absolute atomic E-state index is 11.8. The first-order chi connectivity index (χ1) is 5.99. The SMILES string of the molecule is NC(CCC(F)(F)F)C1CCOC1. The Kier molecular flexibility index (Phi) is 3.55. The molecule has 2 unspecified atom stereocenters. The van der Waals surface area contributed by atoms with Crippen molar-refractivity contribution in [2.24, 2.45) is 11.7 Å². The average Bonchev–Trinajstić information content (AvgIpc) is 2.50. The standard InChI is InChI=1S/C8H14F3NO/c9-8(10,11)3-1-7(12)6-2-4-13-5-6/h6-7H,1-5,12H2. The van der Waals surface area contributed by atoms with Gasteiger partial charge in [0.2, 0.25) is 0 Å². The Balaban J connectivity index is 2.20. The molecule has 1 aliphatic heterocycles. The van der Waals surface area contributed by atoms with Crippen LogP contribution in [0.25, 0.3) is 0 Å². The van der Waals surface area contributed by atoms with E-state index in [0.29, 0.717) is 13.2 Å². The van der Waals surface area contributed by atoms with Crippen LogP contribution >= 0.6 is 0 Å². The third-order valence-electron chi connectivity index (χ3n) is 2.33. The van der Waals surface area contributed by atoms with Crippen LogP contribution in [-0.4, -0.2) is 25.4 Å². The van der Waals surface area contributed by atoms with Gasteiger partial charge in [-0.1, -0.05) is 0 Å². The fourth-order valence-corrected chi connectivity index (χ4v) is 1.46. The molecule has 0 bridgehead atoms. The van der Waals surface area contributed by atoms with E-state index < -0.39 is 12.6 Å². The molecule has 5 heteroatoms. The van der Waals surface area contributed by atoms with Gasteiger partial charge in [0.05, 0.1) is 6.61 Å². The second-order valence-electron chi connectivity index (χ2n) is 3.44. The molecular formula is C8H14F3NO. The highest BCUT2D eigenvalue weighted by Crippen LogP contribution is 2.25. The van der Waals surface area contributed by atoms with Gasteiger partial charge in [0.15, 0.2) is 0 Å². The van der Waals surface area contributed by atoms with Crippen LogP contribution in [0.1, 0.15) is 19.3 Å². The molecule has 0 aromatic carbocycles. The molecule has 0 aromatic heterocycles. The summed E-state index contributed by atoms with van der Waals surface area (Å²) in [6.45, 7) is 1.14. The molecule has 13 heavy (non-hydrogen) atoms. The number of rotatable bonds is 3. The Labute approximate surface area is 75.2 Å². The molecule has 1 rings (SSSR count). The molecule has 0 aliphatic carbocycles. The molecule has 0 amide bonds. The van der Waals surface area contributed by atoms with E-state index in [2.05, 4.69) is 0 Å². The van der Waals surface area contributed by atoms with Crippen LogP contribution < -0.4 is 5.73 Å². The Bertz CT molecular complexity index is 154. The van der Waals surface area contributed by atoms with E-state index >= 15 is 0 Å². The number of hydrogen-bond donors (Lipinski definition) is 1. The summed E-state index contributed by atoms with van der Waals surface area (Å²) in [6, 6.07) is -0.371. The monoisotopic (exact) mass is 197 g/mol. The molecule has 1 aliphatic rings. The molecule has 2 N–H and O–H groups in total. The Morgan fingerprint density at radius 1 is 1.46 bits per heavy atom. The zero-order chi connectivity index (χ0) is 9.90. The maximum atomic E-state index is 11.8. The fraction of sp³-hybridized carbons (Fsp3) is 1.00. The molecule has 78 valence electrons. The molecule has 0 aromatic rings. The van der Waals surface area contributed by atoms with Crippen LogP contribution in [0, 0.1) is 5.92 Å². The molecule has 0 saturated carbocycles. The third-order valence-corrected chi connectivity index (χ3v) is 2.33. The second kappa shape index (κ2) is 4.28. The average molecular weight is 197 g/mol. The first-order valence-electron chi connectivity index (χ1n) is 4.39. The van der Waals surface area contributed by atoms with Crippen molar-refractivity contribution >= 4 is 0 Å². The van der Waals surface area contributed by atoms with Gasteiger partial charge in [-0.2, -0.15) is 13.2 Å². The van der Waals surface area contributed by atoms with Gasteiger partial charge in [-0.15, -0.1) is 0 Å². The fourth-order valence-electron chi connectivity index (χ4n) is 1.46. The van der Waals surface area contributed by atoms with Crippen molar-refractivity contribution in [3.8, 4) is 0 Å². The summed E-state index contributed by atoms with van der Waals surface area (Å²) in [5.41, 5.74) is 5.61. The topological polar surface area (TPSA) is 35.2 Å². The molecule has 1 saturated heterocycles. The summed E-state index contributed by atoms with van der Waals surface area (Å²) in [5.74, 6) is 0.113. The van der Waals surface area contributed by atoms with E-state index in [1.807, 2.05) is 0 Å². The van der Waals surface area contributed by atoms with Crippen molar-refractivity contribution < 1.29 is 17.9 Å². The first-order valence-corrected chi connectivity index (χ1v) is 4.39. The van der Waals surface area contributed by atoms with Gasteiger partial charge < -0.3 is 10.5 Å². The van der Waals surface area contributed by atoms with Gasteiger partial charge >= 0.3 is 6.18 Å². The Morgan fingerprint density at radius 3 is 2.62 bits per heavy atom. The number of nitrogens with two attached hydrogens (primary N) is 1. The van der Waals surface area contributed by atoms with Crippen molar-refractivity contribution in [3.05, 3.63) is 0 Å². The van der Waals surface area contributed by atoms with Gasteiger partial charge in [-0.25, -0.2) is 0 Å². The van der Waals surface area contributed by atoms with Crippen LogP contribution in [0.5, 0.6) is 0 Å². The predicted molar refractivity (Wildman–Crippen MR) is 42.2 cm³/mol. The lowest BCUT2D eigenvalue weighted by molar-refractivity contribution is -0.136. The van der Waals surface area contributed by atoms with Gasteiger partial charge in [0, 0.05) is 19.1 Å². The van der Waals surface area contributed by atoms with Crippen LogP contribution in [0.2, 0.25) is 0 Å². The van der Waals surface area contributed by atoms with Gasteiger partial charge in [-0.05, 0) is 18.8 Å². The van der Waals surface area contributed by atoms with Crippen molar-refractivity contribution in [2.45, 2.75) is 31.5 Å². The Hall–Kier alpha value is -0.290. The molecule has 2 atom stereocenters. The second-order valence-corrected chi connectivity index (χ2v) is 3.44. The van der Waals surface area contributed by atoms with E-state index in [1.165, 1.54) is 0 Å². The van der Waals surface area contributed by atoms with E-state index in [-0.39, 0.29) is 18.4 Å². The van der Waals surface area contributed by atoms with E-state index in [1.54, 1.807) is 0 Å². The minimum Gasteiger partial charge on any atom is -0.381 e. The minimum absolute atomic E-state index is 0.0114. The third kappa shape index (κ3) is 3.95. The molecule has 2 nitrogen and oxygen atoms in total. The molecule has 0 spiro atoms. The first kappa shape index (κ1) is 10.8. The largest absolute Gasteiger partial charge is 0.389 e. The van der Waals surface area contributed by atoms with Crippen molar-refractivity contribution in [1.82, 2.24) is 0 Å². The van der Waals surface area contributed by atoms with E-state index in [4.69, 9.17) is 10.5 Å². The molecular weight excluding hydrogens is 183 g/mol. The smallest absolute Gasteiger partial charge is 0.381 e. The van der Waals surface area contributed by atoms with Crippen LogP contribution in [0.4, 0.5) is 13.2 Å². The number of alkyl halides is 3. The lowest BCUT2D eigenvalue weighted by Gasteiger charge is -2.17. The summed E-state index contributed by atoms with van der Waals surface area (Å²) in [4.78, 5) is 0. The highest BCUT2D eigenvalue weighted by molar-refractivity contribution is 4.76. The lowest BCUT2D eigenvalue weighted by Crippen LogP contribution is -2.31. The van der Waals surface area contributed by atoms with Gasteiger partial charge in [0.1, 0.15) is 0 Å². The van der Waals surface area contributed by atoms with Gasteiger partial charge in [0.25, 0.3) is 0 Å². The van der Waals surface area contributed by atoms with E-state index in [0.717, 1.165) is 6.42 Å². The summed E-state index contributed by atoms with van der Waals surface area (Å²) >= 11 is 0. The zero-order valence-electron chi connectivity index (χ0n) is 7.31. The van der Waals surface area contributed by atoms with Crippen molar-refractivity contribution in [1.29, 1.82) is 0 Å². The van der Waals surface area contributed by atoms with Crippen LogP contribution in [0.15, 0.2) is 0 Å². The molecule has 1 fully saturated rings.